The molecular formula is C18H16N2O8. The average Bonchev–Trinajstić information content (AvgIpc) is 3.02. The Morgan fingerprint density at radius 1 is 1.04 bits per heavy atom. The molecule has 0 aliphatic heterocycles. The van der Waals surface area contributed by atoms with Crippen LogP contribution in [0.2, 0.25) is 0 Å². The van der Waals surface area contributed by atoms with Crippen molar-refractivity contribution in [3.63, 3.8) is 0 Å². The van der Waals surface area contributed by atoms with Crippen molar-refractivity contribution in [2.45, 2.75) is 6.92 Å². The second-order valence-electron chi connectivity index (χ2n) is 5.48. The fraction of sp³-hybridized carbons (Fsp3) is 0.222. The highest BCUT2D eigenvalue weighted by Gasteiger charge is 2.27. The van der Waals surface area contributed by atoms with Gasteiger partial charge in [0, 0.05) is 0 Å². The van der Waals surface area contributed by atoms with Crippen LogP contribution in [0.15, 0.2) is 22.6 Å². The molecule has 0 aliphatic rings. The van der Waals surface area contributed by atoms with E-state index in [1.165, 1.54) is 46.5 Å². The molecule has 146 valence electrons. The van der Waals surface area contributed by atoms with Crippen molar-refractivity contribution in [1.82, 2.24) is 9.97 Å². The third kappa shape index (κ3) is 3.27. The van der Waals surface area contributed by atoms with Crippen LogP contribution >= 0.6 is 0 Å². The van der Waals surface area contributed by atoms with Gasteiger partial charge in [0.2, 0.25) is 11.8 Å². The Balaban J connectivity index is 2.21. The molecule has 0 saturated heterocycles. The van der Waals surface area contributed by atoms with E-state index < -0.39 is 11.9 Å². The summed E-state index contributed by atoms with van der Waals surface area (Å²) in [5, 5.41) is 9.83. The summed E-state index contributed by atoms with van der Waals surface area (Å²) in [4.78, 5) is 32.1. The van der Waals surface area contributed by atoms with Gasteiger partial charge in [0.15, 0.2) is 0 Å². The largest absolute Gasteiger partial charge is 0.481 e. The third-order valence-corrected chi connectivity index (χ3v) is 3.88. The van der Waals surface area contributed by atoms with E-state index in [0.717, 1.165) is 0 Å². The number of carboxylic acids is 1. The summed E-state index contributed by atoms with van der Waals surface area (Å²) >= 11 is 0. The van der Waals surface area contributed by atoms with Crippen molar-refractivity contribution in [2.75, 3.05) is 21.3 Å². The van der Waals surface area contributed by atoms with Crippen LogP contribution in [0.25, 0.3) is 11.0 Å². The smallest absolute Gasteiger partial charge is 0.342 e. The monoisotopic (exact) mass is 388 g/mol. The van der Waals surface area contributed by atoms with Gasteiger partial charge >= 0.3 is 17.9 Å². The molecule has 3 rings (SSSR count). The van der Waals surface area contributed by atoms with Crippen molar-refractivity contribution >= 4 is 22.9 Å². The van der Waals surface area contributed by atoms with Gasteiger partial charge in [-0.2, -0.15) is 9.97 Å². The first-order chi connectivity index (χ1) is 13.4. The maximum absolute atomic E-state index is 12.1. The van der Waals surface area contributed by atoms with Crippen LogP contribution in [-0.4, -0.2) is 48.3 Å². The first-order valence-corrected chi connectivity index (χ1v) is 7.92. The summed E-state index contributed by atoms with van der Waals surface area (Å²) in [7, 11) is 3.99. The molecule has 28 heavy (non-hydrogen) atoms. The quantitative estimate of drug-likeness (QED) is 0.629. The number of fused-ring (bicyclic) bond motifs is 1. The minimum atomic E-state index is -1.33. The van der Waals surface area contributed by atoms with E-state index in [2.05, 4.69) is 9.97 Å². The average molecular weight is 388 g/mol. The van der Waals surface area contributed by atoms with Gasteiger partial charge in [0.05, 0.1) is 32.8 Å². The first-order valence-electron chi connectivity index (χ1n) is 7.92. The molecule has 0 bridgehead atoms. The lowest BCUT2D eigenvalue weighted by Crippen LogP contribution is -2.07. The highest BCUT2D eigenvalue weighted by atomic mass is 16.5. The van der Waals surface area contributed by atoms with Crippen LogP contribution in [0.5, 0.6) is 23.5 Å². The minimum absolute atomic E-state index is 0.00416. The maximum atomic E-state index is 12.1. The molecule has 0 radical (unpaired) electrons. The molecule has 0 fully saturated rings. The number of hydrogen-bond donors (Lipinski definition) is 1. The summed E-state index contributed by atoms with van der Waals surface area (Å²) in [6.07, 6.45) is 0. The zero-order valence-electron chi connectivity index (χ0n) is 15.4. The molecule has 2 aromatic heterocycles. The summed E-state index contributed by atoms with van der Waals surface area (Å²) < 4.78 is 25.9. The van der Waals surface area contributed by atoms with E-state index in [1.54, 1.807) is 0 Å². The van der Waals surface area contributed by atoms with Crippen LogP contribution < -0.4 is 14.2 Å². The lowest BCUT2D eigenvalue weighted by Gasteiger charge is -2.10. The Hall–Kier alpha value is -3.82. The Labute approximate surface area is 158 Å². The van der Waals surface area contributed by atoms with E-state index in [1.807, 2.05) is 0 Å². The molecule has 3 aromatic rings. The van der Waals surface area contributed by atoms with Gasteiger partial charge in [-0.1, -0.05) is 0 Å². The van der Waals surface area contributed by atoms with Crippen molar-refractivity contribution in [3.05, 3.63) is 35.1 Å². The summed E-state index contributed by atoms with van der Waals surface area (Å²) in [6.45, 7) is 1.54. The molecule has 1 aromatic carbocycles. The molecule has 10 heteroatoms. The fourth-order valence-corrected chi connectivity index (χ4v) is 2.67. The zero-order valence-corrected chi connectivity index (χ0v) is 15.4. The lowest BCUT2D eigenvalue weighted by molar-refractivity contribution is 0.0600. The van der Waals surface area contributed by atoms with Gasteiger partial charge in [0.1, 0.15) is 28.2 Å². The number of carboxylic acid groups (broad SMARTS) is 1. The highest BCUT2D eigenvalue weighted by molar-refractivity contribution is 6.14. The Morgan fingerprint density at radius 3 is 2.21 bits per heavy atom. The molecule has 0 saturated carbocycles. The number of aromatic carboxylic acids is 1. The molecule has 1 N–H and O–H groups in total. The molecule has 0 amide bonds. The molecule has 2 heterocycles. The number of aryl methyl sites for hydroxylation is 1. The SMILES string of the molecule is COC(=O)c1c(C)oc2ccc(Oc3nc(OC)cc(OC)n3)c(C(=O)O)c12. The van der Waals surface area contributed by atoms with Crippen LogP contribution in [0.1, 0.15) is 26.5 Å². The van der Waals surface area contributed by atoms with E-state index in [4.69, 9.17) is 23.4 Å². The summed E-state index contributed by atoms with van der Waals surface area (Å²) in [5.41, 5.74) is -0.0866. The van der Waals surface area contributed by atoms with Gasteiger partial charge in [-0.3, -0.25) is 0 Å². The van der Waals surface area contributed by atoms with Gasteiger partial charge in [0.25, 0.3) is 0 Å². The van der Waals surface area contributed by atoms with Gasteiger partial charge in [-0.05, 0) is 19.1 Å². The van der Waals surface area contributed by atoms with Crippen molar-refractivity contribution < 1.29 is 38.1 Å². The van der Waals surface area contributed by atoms with Crippen LogP contribution in [-0.2, 0) is 4.74 Å². The van der Waals surface area contributed by atoms with Gasteiger partial charge in [-0.25, -0.2) is 9.59 Å². The van der Waals surface area contributed by atoms with E-state index in [0.29, 0.717) is 0 Å². The van der Waals surface area contributed by atoms with Crippen LogP contribution in [0, 0.1) is 6.92 Å². The molecule has 0 unspecified atom stereocenters. The van der Waals surface area contributed by atoms with Crippen LogP contribution in [0.3, 0.4) is 0 Å². The Bertz CT molecular complexity index is 1050. The Kier molecular flexibility index (Phi) is 5.03. The van der Waals surface area contributed by atoms with Crippen molar-refractivity contribution in [1.29, 1.82) is 0 Å². The topological polar surface area (TPSA) is 130 Å². The van der Waals surface area contributed by atoms with Crippen LogP contribution in [0.4, 0.5) is 0 Å². The number of ether oxygens (including phenoxy) is 4. The van der Waals surface area contributed by atoms with Gasteiger partial charge in [-0.15, -0.1) is 0 Å². The second kappa shape index (κ2) is 7.43. The number of aromatic nitrogens is 2. The standard InChI is InChI=1S/C18H16N2O8/c1-8-13(17(23)26-4)14-9(27-8)5-6-10(15(14)16(21)22)28-18-19-11(24-2)7-12(20-18)25-3/h5-7H,1-4H3,(H,21,22). The predicted octanol–water partition coefficient (Wildman–Crippen LogP) is 2.83. The molecule has 10 nitrogen and oxygen atoms in total. The number of benzene rings is 1. The lowest BCUT2D eigenvalue weighted by atomic mass is 10.0. The second-order valence-corrected chi connectivity index (χ2v) is 5.48. The maximum Gasteiger partial charge on any atom is 0.342 e. The Morgan fingerprint density at radius 2 is 1.68 bits per heavy atom. The van der Waals surface area contributed by atoms with Crippen molar-refractivity contribution in [2.24, 2.45) is 0 Å². The number of hydrogen-bond acceptors (Lipinski definition) is 9. The van der Waals surface area contributed by atoms with Gasteiger partial charge < -0.3 is 28.5 Å². The fourth-order valence-electron chi connectivity index (χ4n) is 2.67. The molecule has 0 spiro atoms. The summed E-state index contributed by atoms with van der Waals surface area (Å²) in [6, 6.07) is 4.10. The van der Waals surface area contributed by atoms with E-state index >= 15 is 0 Å². The molecule has 0 atom stereocenters. The van der Waals surface area contributed by atoms with Crippen molar-refractivity contribution in [3.8, 4) is 23.5 Å². The molecule has 0 aliphatic carbocycles. The predicted molar refractivity (Wildman–Crippen MR) is 94.5 cm³/mol. The van der Waals surface area contributed by atoms with E-state index in [-0.39, 0.29) is 51.4 Å². The number of carbonyl (C=O) groups excluding carboxylic acids is 1. The number of furan rings is 1. The molecular weight excluding hydrogens is 372 g/mol. The third-order valence-electron chi connectivity index (χ3n) is 3.88. The number of methoxy groups -OCH3 is 3. The summed E-state index contributed by atoms with van der Waals surface area (Å²) in [5.74, 6) is -1.61. The minimum Gasteiger partial charge on any atom is -0.481 e. The number of esters is 1. The normalized spacial score (nSPS) is 10.6. The number of nitrogens with zero attached hydrogens (tertiary/aromatic N) is 2. The first kappa shape index (κ1) is 19.0. The number of carbonyl (C=O) groups is 2. The van der Waals surface area contributed by atoms with E-state index in [9.17, 15) is 14.7 Å². The zero-order chi connectivity index (χ0) is 20.4. The highest BCUT2D eigenvalue weighted by Crippen LogP contribution is 2.36. The number of rotatable bonds is 6.